The third-order valence-electron chi connectivity index (χ3n) is 8.83. The number of nitrogens with zero attached hydrogens (tertiary/aromatic N) is 2. The van der Waals surface area contributed by atoms with Crippen LogP contribution in [0.15, 0.2) is 180 Å². The molecule has 2 heteroatoms. The van der Waals surface area contributed by atoms with Crippen molar-refractivity contribution in [1.29, 1.82) is 0 Å². The van der Waals surface area contributed by atoms with Crippen LogP contribution in [0.2, 0.25) is 0 Å². The Morgan fingerprint density at radius 2 is 0.552 bits per heavy atom. The zero-order valence-electron chi connectivity index (χ0n) is 35.2. The fourth-order valence-corrected chi connectivity index (χ4v) is 5.30. The van der Waals surface area contributed by atoms with Gasteiger partial charge in [0.1, 0.15) is 0 Å². The van der Waals surface area contributed by atoms with Gasteiger partial charge in [0.25, 0.3) is 0 Å². The van der Waals surface area contributed by atoms with Gasteiger partial charge in [0, 0.05) is 11.1 Å². The number of rotatable bonds is 5. The average molecular weight is 755 g/mol. The molecule has 288 valence electrons. The van der Waals surface area contributed by atoms with Crippen LogP contribution < -0.4 is 0 Å². The standard InChI is InChI=1S/C16H16.C14H14N2.C14H14.C12H10/c1-13-3-7-15(8-4-13)11-12-16-9-5-14(2)6-10-16;1-11-3-7-13(8-4-11)15-16-14-9-5-12(2)6-10-14;1-11-3-7-13(8-4-11)14-9-5-12(2)6-10-14;1-3-5-11-7-9-12(6-4-2)10-8-11/h3-12H,1-2H3;3-10H,1-2H3;3-10H,1-2H3;7-10H,1-2H3/b12-11+;;;. The molecule has 0 radical (unpaired) electrons. The van der Waals surface area contributed by atoms with Gasteiger partial charge in [0.05, 0.1) is 11.4 Å². The molecule has 7 aromatic rings. The lowest BCUT2D eigenvalue weighted by Gasteiger charge is -2.02. The van der Waals surface area contributed by atoms with Gasteiger partial charge in [0.15, 0.2) is 0 Å². The van der Waals surface area contributed by atoms with Gasteiger partial charge in [-0.25, -0.2) is 0 Å². The summed E-state index contributed by atoms with van der Waals surface area (Å²) in [5, 5.41) is 8.34. The molecule has 0 bridgehead atoms. The second-order valence-corrected chi connectivity index (χ2v) is 14.1. The minimum Gasteiger partial charge on any atom is -0.151 e. The lowest BCUT2D eigenvalue weighted by atomic mass is 10.0. The Morgan fingerprint density at radius 1 is 0.310 bits per heavy atom. The Labute approximate surface area is 348 Å². The van der Waals surface area contributed by atoms with Crippen LogP contribution in [0.4, 0.5) is 11.4 Å². The van der Waals surface area contributed by atoms with Crippen molar-refractivity contribution in [2.75, 3.05) is 0 Å². The summed E-state index contributed by atoms with van der Waals surface area (Å²) in [7, 11) is 0. The smallest absolute Gasteiger partial charge is 0.0857 e. The summed E-state index contributed by atoms with van der Waals surface area (Å²) < 4.78 is 0. The monoisotopic (exact) mass is 754 g/mol. The van der Waals surface area contributed by atoms with Crippen LogP contribution in [0.25, 0.3) is 23.3 Å². The van der Waals surface area contributed by atoms with Crippen molar-refractivity contribution in [3.8, 4) is 34.8 Å². The summed E-state index contributed by atoms with van der Waals surface area (Å²) in [4.78, 5) is 0. The van der Waals surface area contributed by atoms with E-state index in [0.717, 1.165) is 22.5 Å². The first-order chi connectivity index (χ1) is 28.1. The van der Waals surface area contributed by atoms with Crippen LogP contribution in [0.3, 0.4) is 0 Å². The minimum atomic E-state index is 0.881. The number of benzene rings is 7. The summed E-state index contributed by atoms with van der Waals surface area (Å²) in [6.07, 6.45) is 4.29. The highest BCUT2D eigenvalue weighted by Gasteiger charge is 1.96. The topological polar surface area (TPSA) is 24.7 Å². The molecular formula is C56H54N2. The highest BCUT2D eigenvalue weighted by Crippen LogP contribution is 2.21. The van der Waals surface area contributed by atoms with E-state index >= 15 is 0 Å². The predicted molar refractivity (Wildman–Crippen MR) is 251 cm³/mol. The van der Waals surface area contributed by atoms with E-state index in [1.807, 2.05) is 86.6 Å². The summed E-state index contributed by atoms with van der Waals surface area (Å²) in [6, 6.07) is 58.3. The Bertz CT molecular complexity index is 2170. The van der Waals surface area contributed by atoms with Gasteiger partial charge < -0.3 is 0 Å². The molecule has 0 unspecified atom stereocenters. The molecule has 0 aliphatic carbocycles. The first-order valence-electron chi connectivity index (χ1n) is 19.6. The molecule has 0 amide bonds. The fraction of sp³-hybridized carbons (Fsp3) is 0.143. The second kappa shape index (κ2) is 23.8. The van der Waals surface area contributed by atoms with Crippen molar-refractivity contribution in [2.24, 2.45) is 10.2 Å². The van der Waals surface area contributed by atoms with E-state index in [2.05, 4.69) is 185 Å². The maximum absolute atomic E-state index is 4.17. The van der Waals surface area contributed by atoms with Crippen molar-refractivity contribution >= 4 is 23.5 Å². The predicted octanol–water partition coefficient (Wildman–Crippen LogP) is 15.6. The molecule has 0 aliphatic rings. The molecule has 2 nitrogen and oxygen atoms in total. The van der Waals surface area contributed by atoms with E-state index < -0.39 is 0 Å². The highest BCUT2D eigenvalue weighted by molar-refractivity contribution is 5.69. The van der Waals surface area contributed by atoms with Crippen molar-refractivity contribution in [2.45, 2.75) is 55.4 Å². The minimum absolute atomic E-state index is 0.881. The highest BCUT2D eigenvalue weighted by atomic mass is 15.1. The molecule has 7 aromatic carbocycles. The zero-order chi connectivity index (χ0) is 41.5. The van der Waals surface area contributed by atoms with Crippen molar-refractivity contribution < 1.29 is 0 Å². The van der Waals surface area contributed by atoms with E-state index in [4.69, 9.17) is 0 Å². The molecule has 0 spiro atoms. The van der Waals surface area contributed by atoms with Crippen LogP contribution >= 0.6 is 0 Å². The Morgan fingerprint density at radius 3 is 0.810 bits per heavy atom. The van der Waals surface area contributed by atoms with Gasteiger partial charge in [-0.15, -0.1) is 11.8 Å². The van der Waals surface area contributed by atoms with Gasteiger partial charge in [-0.05, 0) is 126 Å². The molecular weight excluding hydrogens is 701 g/mol. The average Bonchev–Trinajstić information content (AvgIpc) is 3.24. The second-order valence-electron chi connectivity index (χ2n) is 14.1. The SMILES string of the molecule is CC#Cc1ccc(C#CC)cc1.Cc1ccc(-c2ccc(C)cc2)cc1.Cc1ccc(/C=C/c2ccc(C)cc2)cc1.Cc1ccc(N=Nc2ccc(C)cc2)cc1. The quantitative estimate of drug-likeness (QED) is 0.0950. The third-order valence-corrected chi connectivity index (χ3v) is 8.83. The van der Waals surface area contributed by atoms with E-state index in [-0.39, 0.29) is 0 Å². The lowest BCUT2D eigenvalue weighted by Crippen LogP contribution is -1.78. The molecule has 7 rings (SSSR count). The largest absolute Gasteiger partial charge is 0.151 e. The Balaban J connectivity index is 0.000000172. The van der Waals surface area contributed by atoms with Gasteiger partial charge in [-0.3, -0.25) is 0 Å². The van der Waals surface area contributed by atoms with Crippen molar-refractivity contribution in [1.82, 2.24) is 0 Å². The fourth-order valence-electron chi connectivity index (χ4n) is 5.30. The number of azo groups is 1. The molecule has 0 heterocycles. The van der Waals surface area contributed by atoms with Crippen molar-refractivity contribution in [3.63, 3.8) is 0 Å². The summed E-state index contributed by atoms with van der Waals surface area (Å²) in [6.45, 7) is 16.2. The maximum atomic E-state index is 4.17. The number of hydrogen-bond donors (Lipinski definition) is 0. The van der Waals surface area contributed by atoms with E-state index in [1.165, 1.54) is 55.6 Å². The molecule has 58 heavy (non-hydrogen) atoms. The van der Waals surface area contributed by atoms with Crippen LogP contribution in [0.1, 0.15) is 69.5 Å². The van der Waals surface area contributed by atoms with E-state index in [9.17, 15) is 0 Å². The summed E-state index contributed by atoms with van der Waals surface area (Å²) in [5.41, 5.74) is 16.6. The van der Waals surface area contributed by atoms with Crippen LogP contribution in [0, 0.1) is 65.2 Å². The molecule has 0 N–H and O–H groups in total. The zero-order valence-corrected chi connectivity index (χ0v) is 35.2. The number of aryl methyl sites for hydroxylation is 6. The van der Waals surface area contributed by atoms with Gasteiger partial charge >= 0.3 is 0 Å². The molecule has 0 fully saturated rings. The normalized spacial score (nSPS) is 10.0. The van der Waals surface area contributed by atoms with Crippen LogP contribution in [-0.4, -0.2) is 0 Å². The molecule has 0 atom stereocenters. The maximum Gasteiger partial charge on any atom is 0.0857 e. The summed E-state index contributed by atoms with van der Waals surface area (Å²) >= 11 is 0. The lowest BCUT2D eigenvalue weighted by molar-refractivity contribution is 1.22. The van der Waals surface area contributed by atoms with Gasteiger partial charge in [-0.1, -0.05) is 179 Å². The van der Waals surface area contributed by atoms with Gasteiger partial charge in [0.2, 0.25) is 0 Å². The van der Waals surface area contributed by atoms with Crippen molar-refractivity contribution in [3.05, 3.63) is 225 Å². The van der Waals surface area contributed by atoms with Crippen LogP contribution in [0.5, 0.6) is 0 Å². The van der Waals surface area contributed by atoms with Gasteiger partial charge in [-0.2, -0.15) is 10.2 Å². The third kappa shape index (κ3) is 16.4. The summed E-state index contributed by atoms with van der Waals surface area (Å²) in [5.74, 6) is 11.7. The molecule has 0 saturated heterocycles. The molecule has 0 aromatic heterocycles. The molecule has 0 aliphatic heterocycles. The number of hydrogen-bond acceptors (Lipinski definition) is 2. The molecule has 0 saturated carbocycles. The van der Waals surface area contributed by atoms with E-state index in [0.29, 0.717) is 0 Å². The Hall–Kier alpha value is -7.00. The van der Waals surface area contributed by atoms with E-state index in [1.54, 1.807) is 0 Å². The Kier molecular flexibility index (Phi) is 18.0. The first kappa shape index (κ1) is 43.7. The van der Waals surface area contributed by atoms with Crippen LogP contribution in [-0.2, 0) is 0 Å². The first-order valence-corrected chi connectivity index (χ1v) is 19.6.